The molecule has 1 aliphatic heterocycles. The molecule has 2 aromatic rings. The van der Waals surface area contributed by atoms with Gasteiger partial charge < -0.3 is 24.6 Å². The molecule has 2 aromatic carbocycles. The van der Waals surface area contributed by atoms with Gasteiger partial charge in [-0.1, -0.05) is 12.1 Å². The van der Waals surface area contributed by atoms with E-state index in [4.69, 9.17) is 19.3 Å². The number of carbonyl (C=O) groups excluding carboxylic acids is 2. The molecule has 1 amide bonds. The normalized spacial score (nSPS) is 13.6. The molecule has 0 bridgehead atoms. The molecule has 1 aliphatic rings. The molecule has 0 radical (unpaired) electrons. The van der Waals surface area contributed by atoms with Crippen LogP contribution in [0, 0.1) is 0 Å². The molecule has 1 unspecified atom stereocenters. The number of rotatable bonds is 5. The van der Waals surface area contributed by atoms with E-state index in [1.165, 1.54) is 6.92 Å². The maximum absolute atomic E-state index is 12.3. The second-order valence-corrected chi connectivity index (χ2v) is 5.75. The van der Waals surface area contributed by atoms with Gasteiger partial charge in [0.05, 0.1) is 12.2 Å². The van der Waals surface area contributed by atoms with Crippen molar-refractivity contribution in [3.63, 3.8) is 0 Å². The highest BCUT2D eigenvalue weighted by Gasteiger charge is 2.20. The van der Waals surface area contributed by atoms with Crippen LogP contribution in [0.15, 0.2) is 42.5 Å². The van der Waals surface area contributed by atoms with Crippen LogP contribution < -0.4 is 14.8 Å². The molecule has 0 spiro atoms. The van der Waals surface area contributed by atoms with Crippen LogP contribution in [0.3, 0.4) is 0 Å². The molecular weight excluding hydrogens is 338 g/mol. The molecular formula is C19H19NO6. The number of benzene rings is 2. The molecule has 3 rings (SSSR count). The van der Waals surface area contributed by atoms with Gasteiger partial charge in [0.1, 0.15) is 13.2 Å². The summed E-state index contributed by atoms with van der Waals surface area (Å²) in [6.45, 7) is 2.33. The number of aliphatic hydroxyl groups excluding tert-OH is 1. The van der Waals surface area contributed by atoms with Gasteiger partial charge in [0.15, 0.2) is 17.6 Å². The van der Waals surface area contributed by atoms with Crippen molar-refractivity contribution in [1.29, 1.82) is 0 Å². The average Bonchev–Trinajstić information content (AvgIpc) is 2.67. The number of anilines is 1. The summed E-state index contributed by atoms with van der Waals surface area (Å²) in [7, 11) is 0. The first-order valence-corrected chi connectivity index (χ1v) is 8.18. The third kappa shape index (κ3) is 4.12. The molecule has 7 heteroatoms. The van der Waals surface area contributed by atoms with E-state index in [0.29, 0.717) is 41.5 Å². The molecule has 1 heterocycles. The Morgan fingerprint density at radius 2 is 1.81 bits per heavy atom. The van der Waals surface area contributed by atoms with Gasteiger partial charge in [-0.05, 0) is 36.8 Å². The van der Waals surface area contributed by atoms with Gasteiger partial charge >= 0.3 is 5.97 Å². The van der Waals surface area contributed by atoms with Crippen LogP contribution in [-0.2, 0) is 16.1 Å². The third-order valence-electron chi connectivity index (χ3n) is 3.83. The molecule has 0 aromatic heterocycles. The number of nitrogens with one attached hydrogen (secondary N) is 1. The third-order valence-corrected chi connectivity index (χ3v) is 3.83. The number of ether oxygens (including phenoxy) is 3. The molecule has 7 nitrogen and oxygen atoms in total. The van der Waals surface area contributed by atoms with Gasteiger partial charge in [0.2, 0.25) is 0 Å². The van der Waals surface area contributed by atoms with Gasteiger partial charge in [0.25, 0.3) is 5.91 Å². The van der Waals surface area contributed by atoms with Crippen molar-refractivity contribution < 1.29 is 28.9 Å². The Morgan fingerprint density at radius 1 is 1.12 bits per heavy atom. The lowest BCUT2D eigenvalue weighted by molar-refractivity contribution is -0.123. The zero-order chi connectivity index (χ0) is 18.5. The second kappa shape index (κ2) is 7.88. The zero-order valence-corrected chi connectivity index (χ0v) is 14.2. The predicted molar refractivity (Wildman–Crippen MR) is 93.3 cm³/mol. The Morgan fingerprint density at radius 3 is 2.50 bits per heavy atom. The molecule has 2 N–H and O–H groups in total. The zero-order valence-electron chi connectivity index (χ0n) is 14.2. The molecule has 1 atom stereocenters. The van der Waals surface area contributed by atoms with E-state index in [-0.39, 0.29) is 6.61 Å². The molecule has 0 fully saturated rings. The van der Waals surface area contributed by atoms with Gasteiger partial charge in [-0.15, -0.1) is 0 Å². The first kappa shape index (κ1) is 17.8. The van der Waals surface area contributed by atoms with E-state index in [2.05, 4.69) is 5.32 Å². The monoisotopic (exact) mass is 357 g/mol. The summed E-state index contributed by atoms with van der Waals surface area (Å²) in [5, 5.41) is 11.7. The van der Waals surface area contributed by atoms with E-state index in [1.54, 1.807) is 42.5 Å². The quantitative estimate of drug-likeness (QED) is 0.796. The van der Waals surface area contributed by atoms with E-state index in [1.807, 2.05) is 0 Å². The van der Waals surface area contributed by atoms with Gasteiger partial charge in [-0.2, -0.15) is 0 Å². The Bertz CT molecular complexity index is 802. The second-order valence-electron chi connectivity index (χ2n) is 5.75. The van der Waals surface area contributed by atoms with Crippen LogP contribution in [0.4, 0.5) is 5.69 Å². The van der Waals surface area contributed by atoms with Crippen LogP contribution >= 0.6 is 0 Å². The van der Waals surface area contributed by atoms with E-state index >= 15 is 0 Å². The standard InChI is InChI=1S/C19H19NO6/c1-12(26-19(23)14-4-2-13(11-21)3-5-14)18(22)20-15-6-7-16-17(10-15)25-9-8-24-16/h2-7,10,12,21H,8-9,11H2,1H3,(H,20,22). The molecule has 0 saturated heterocycles. The Balaban J connectivity index is 1.59. The lowest BCUT2D eigenvalue weighted by Gasteiger charge is -2.19. The van der Waals surface area contributed by atoms with E-state index in [9.17, 15) is 9.59 Å². The van der Waals surface area contributed by atoms with Crippen LogP contribution in [0.25, 0.3) is 0 Å². The number of aliphatic hydroxyl groups is 1. The lowest BCUT2D eigenvalue weighted by atomic mass is 10.1. The van der Waals surface area contributed by atoms with Crippen molar-refractivity contribution in [2.24, 2.45) is 0 Å². The van der Waals surface area contributed by atoms with Crippen LogP contribution in [0.5, 0.6) is 11.5 Å². The minimum Gasteiger partial charge on any atom is -0.486 e. The minimum absolute atomic E-state index is 0.107. The highest BCUT2D eigenvalue weighted by atomic mass is 16.6. The molecule has 0 saturated carbocycles. The smallest absolute Gasteiger partial charge is 0.338 e. The highest BCUT2D eigenvalue weighted by Crippen LogP contribution is 2.32. The number of esters is 1. The van der Waals surface area contributed by atoms with Crippen molar-refractivity contribution in [3.05, 3.63) is 53.6 Å². The summed E-state index contributed by atoms with van der Waals surface area (Å²) in [6, 6.07) is 11.4. The van der Waals surface area contributed by atoms with E-state index < -0.39 is 18.0 Å². The first-order chi connectivity index (χ1) is 12.6. The van der Waals surface area contributed by atoms with Gasteiger partial charge in [-0.25, -0.2) is 4.79 Å². The molecule has 136 valence electrons. The lowest BCUT2D eigenvalue weighted by Crippen LogP contribution is -2.30. The molecule has 26 heavy (non-hydrogen) atoms. The summed E-state index contributed by atoms with van der Waals surface area (Å²) in [6.07, 6.45) is -0.979. The maximum Gasteiger partial charge on any atom is 0.338 e. The number of carbonyl (C=O) groups is 2. The van der Waals surface area contributed by atoms with Crippen molar-refractivity contribution in [3.8, 4) is 11.5 Å². The van der Waals surface area contributed by atoms with Crippen LogP contribution in [0.1, 0.15) is 22.8 Å². The predicted octanol–water partition coefficient (Wildman–Crippen LogP) is 2.13. The summed E-state index contributed by atoms with van der Waals surface area (Å²) in [5.41, 5.74) is 1.52. The minimum atomic E-state index is -0.979. The Kier molecular flexibility index (Phi) is 5.38. The largest absolute Gasteiger partial charge is 0.486 e. The number of fused-ring (bicyclic) bond motifs is 1. The highest BCUT2D eigenvalue weighted by molar-refractivity contribution is 5.97. The maximum atomic E-state index is 12.3. The van der Waals surface area contributed by atoms with Crippen LogP contribution in [-0.4, -0.2) is 36.3 Å². The van der Waals surface area contributed by atoms with Gasteiger partial charge in [0, 0.05) is 11.8 Å². The number of amides is 1. The van der Waals surface area contributed by atoms with E-state index in [0.717, 1.165) is 0 Å². The summed E-state index contributed by atoms with van der Waals surface area (Å²) < 4.78 is 16.1. The fraction of sp³-hybridized carbons (Fsp3) is 0.263. The fourth-order valence-electron chi connectivity index (χ4n) is 2.39. The number of hydrogen-bond donors (Lipinski definition) is 2. The molecule has 0 aliphatic carbocycles. The number of hydrogen-bond acceptors (Lipinski definition) is 6. The van der Waals surface area contributed by atoms with Gasteiger partial charge in [-0.3, -0.25) is 4.79 Å². The van der Waals surface area contributed by atoms with Crippen LogP contribution in [0.2, 0.25) is 0 Å². The van der Waals surface area contributed by atoms with Crippen molar-refractivity contribution in [2.45, 2.75) is 19.6 Å². The Hall–Kier alpha value is -3.06. The summed E-state index contributed by atoms with van der Waals surface area (Å²) in [4.78, 5) is 24.4. The summed E-state index contributed by atoms with van der Waals surface area (Å²) >= 11 is 0. The van der Waals surface area contributed by atoms with Crippen molar-refractivity contribution >= 4 is 17.6 Å². The summed E-state index contributed by atoms with van der Waals surface area (Å²) in [5.74, 6) is 0.115. The Labute approximate surface area is 150 Å². The first-order valence-electron chi connectivity index (χ1n) is 8.18. The topological polar surface area (TPSA) is 94.1 Å². The van der Waals surface area contributed by atoms with Crippen molar-refractivity contribution in [1.82, 2.24) is 0 Å². The van der Waals surface area contributed by atoms with Crippen molar-refractivity contribution in [2.75, 3.05) is 18.5 Å². The fourth-order valence-corrected chi connectivity index (χ4v) is 2.39. The average molecular weight is 357 g/mol. The SMILES string of the molecule is CC(OC(=O)c1ccc(CO)cc1)C(=O)Nc1ccc2c(c1)OCCO2.